The molecule has 1 heterocycles. The molecule has 0 radical (unpaired) electrons. The fourth-order valence-corrected chi connectivity index (χ4v) is 1.86. The van der Waals surface area contributed by atoms with Crippen molar-refractivity contribution in [3.63, 3.8) is 0 Å². The largest absolute Gasteiger partial charge is 0.479 e. The molecular formula is C11H17NO5. The van der Waals surface area contributed by atoms with E-state index in [0.29, 0.717) is 19.4 Å². The molecule has 0 aromatic rings. The van der Waals surface area contributed by atoms with Gasteiger partial charge in [0, 0.05) is 19.0 Å². The first-order valence-electron chi connectivity index (χ1n) is 5.49. The zero-order valence-electron chi connectivity index (χ0n) is 9.54. The standard InChI is InChI=1S/C11H17NO5/c1-2-6-17-11(16)12-5-3-4-8(7-12)9(13)10(14)15/h2,8-9,13H,1,3-7H2,(H,14,15). The fraction of sp³-hybridized carbons (Fsp3) is 0.636. The van der Waals surface area contributed by atoms with Crippen molar-refractivity contribution in [2.75, 3.05) is 19.7 Å². The summed E-state index contributed by atoms with van der Waals surface area (Å²) in [5.74, 6) is -1.69. The third-order valence-corrected chi connectivity index (χ3v) is 2.74. The van der Waals surface area contributed by atoms with Crippen molar-refractivity contribution >= 4 is 12.1 Å². The molecule has 6 nitrogen and oxygen atoms in total. The first kappa shape index (κ1) is 13.5. The number of hydrogen-bond acceptors (Lipinski definition) is 4. The summed E-state index contributed by atoms with van der Waals surface area (Å²) in [6.07, 6.45) is 0.805. The van der Waals surface area contributed by atoms with Gasteiger partial charge in [0.2, 0.25) is 0 Å². The number of aliphatic hydroxyl groups excluding tert-OH is 1. The lowest BCUT2D eigenvalue weighted by Crippen LogP contribution is -2.45. The SMILES string of the molecule is C=CCOC(=O)N1CCCC(C(O)C(=O)O)C1. The molecule has 0 aliphatic carbocycles. The summed E-state index contributed by atoms with van der Waals surface area (Å²) in [7, 11) is 0. The molecule has 2 N–H and O–H groups in total. The van der Waals surface area contributed by atoms with Crippen LogP contribution in [0.1, 0.15) is 12.8 Å². The quantitative estimate of drug-likeness (QED) is 0.701. The molecule has 6 heteroatoms. The number of carboxylic acids is 1. The van der Waals surface area contributed by atoms with E-state index < -0.39 is 24.1 Å². The molecule has 1 fully saturated rings. The maximum atomic E-state index is 11.5. The van der Waals surface area contributed by atoms with Crippen molar-refractivity contribution in [1.82, 2.24) is 4.90 Å². The number of rotatable bonds is 4. The highest BCUT2D eigenvalue weighted by molar-refractivity contribution is 5.73. The van der Waals surface area contributed by atoms with Crippen LogP contribution < -0.4 is 0 Å². The fourth-order valence-electron chi connectivity index (χ4n) is 1.86. The number of ether oxygens (including phenoxy) is 1. The zero-order chi connectivity index (χ0) is 12.8. The number of hydrogen-bond donors (Lipinski definition) is 2. The Labute approximate surface area is 99.5 Å². The molecule has 2 unspecified atom stereocenters. The first-order chi connectivity index (χ1) is 8.06. The molecule has 96 valence electrons. The van der Waals surface area contributed by atoms with Gasteiger partial charge in [-0.1, -0.05) is 12.7 Å². The summed E-state index contributed by atoms with van der Waals surface area (Å²) in [5.41, 5.74) is 0. The van der Waals surface area contributed by atoms with Gasteiger partial charge >= 0.3 is 12.1 Å². The number of nitrogens with zero attached hydrogens (tertiary/aromatic N) is 1. The second-order valence-electron chi connectivity index (χ2n) is 4.00. The Bertz CT molecular complexity index is 304. The van der Waals surface area contributed by atoms with Gasteiger partial charge < -0.3 is 19.8 Å². The molecular weight excluding hydrogens is 226 g/mol. The van der Waals surface area contributed by atoms with Gasteiger partial charge in [-0.15, -0.1) is 0 Å². The Kier molecular flexibility index (Phi) is 4.96. The van der Waals surface area contributed by atoms with Crippen LogP contribution in [0.15, 0.2) is 12.7 Å². The van der Waals surface area contributed by atoms with Crippen LogP contribution in [-0.2, 0) is 9.53 Å². The predicted molar refractivity (Wildman–Crippen MR) is 59.5 cm³/mol. The second-order valence-corrected chi connectivity index (χ2v) is 4.00. The van der Waals surface area contributed by atoms with Crippen LogP contribution in [0.3, 0.4) is 0 Å². The van der Waals surface area contributed by atoms with Gasteiger partial charge in [0.25, 0.3) is 0 Å². The van der Waals surface area contributed by atoms with Crippen LogP contribution in [0.5, 0.6) is 0 Å². The van der Waals surface area contributed by atoms with E-state index in [4.69, 9.17) is 9.84 Å². The number of aliphatic hydroxyl groups is 1. The van der Waals surface area contributed by atoms with Crippen molar-refractivity contribution in [2.45, 2.75) is 18.9 Å². The lowest BCUT2D eigenvalue weighted by Gasteiger charge is -2.33. The average molecular weight is 243 g/mol. The summed E-state index contributed by atoms with van der Waals surface area (Å²) in [4.78, 5) is 23.6. The van der Waals surface area contributed by atoms with Crippen LogP contribution in [-0.4, -0.2) is 53.0 Å². The van der Waals surface area contributed by atoms with Crippen LogP contribution in [0.4, 0.5) is 4.79 Å². The van der Waals surface area contributed by atoms with Crippen molar-refractivity contribution < 1.29 is 24.5 Å². The van der Waals surface area contributed by atoms with Crippen molar-refractivity contribution in [3.05, 3.63) is 12.7 Å². The van der Waals surface area contributed by atoms with Gasteiger partial charge in [0.15, 0.2) is 6.10 Å². The van der Waals surface area contributed by atoms with Gasteiger partial charge in [-0.25, -0.2) is 9.59 Å². The van der Waals surface area contributed by atoms with Crippen molar-refractivity contribution in [3.8, 4) is 0 Å². The number of aliphatic carboxylic acids is 1. The highest BCUT2D eigenvalue weighted by atomic mass is 16.6. The third kappa shape index (κ3) is 3.74. The smallest absolute Gasteiger partial charge is 0.410 e. The minimum absolute atomic E-state index is 0.126. The molecule has 0 aromatic carbocycles. The molecule has 0 spiro atoms. The lowest BCUT2D eigenvalue weighted by atomic mass is 9.93. The van der Waals surface area contributed by atoms with E-state index in [1.54, 1.807) is 0 Å². The van der Waals surface area contributed by atoms with Crippen LogP contribution >= 0.6 is 0 Å². The highest BCUT2D eigenvalue weighted by Crippen LogP contribution is 2.20. The molecule has 1 amide bonds. The van der Waals surface area contributed by atoms with Crippen molar-refractivity contribution in [2.24, 2.45) is 5.92 Å². The monoisotopic (exact) mass is 243 g/mol. The molecule has 1 saturated heterocycles. The molecule has 0 bridgehead atoms. The zero-order valence-corrected chi connectivity index (χ0v) is 9.54. The number of piperidine rings is 1. The minimum Gasteiger partial charge on any atom is -0.479 e. The number of carbonyl (C=O) groups is 2. The number of likely N-dealkylation sites (tertiary alicyclic amines) is 1. The third-order valence-electron chi connectivity index (χ3n) is 2.74. The van der Waals surface area contributed by atoms with E-state index in [1.807, 2.05) is 0 Å². The molecule has 1 aliphatic heterocycles. The number of carbonyl (C=O) groups excluding carboxylic acids is 1. The summed E-state index contributed by atoms with van der Waals surface area (Å²) in [6, 6.07) is 0. The Morgan fingerprint density at radius 3 is 2.88 bits per heavy atom. The summed E-state index contributed by atoms with van der Waals surface area (Å²) in [5, 5.41) is 18.1. The Morgan fingerprint density at radius 1 is 1.59 bits per heavy atom. The van der Waals surface area contributed by atoms with Crippen LogP contribution in [0.25, 0.3) is 0 Å². The van der Waals surface area contributed by atoms with E-state index in [0.717, 1.165) is 0 Å². The highest BCUT2D eigenvalue weighted by Gasteiger charge is 2.32. The summed E-state index contributed by atoms with van der Waals surface area (Å²) < 4.78 is 4.86. The Morgan fingerprint density at radius 2 is 2.29 bits per heavy atom. The van der Waals surface area contributed by atoms with E-state index >= 15 is 0 Å². The average Bonchev–Trinajstić information content (AvgIpc) is 2.35. The molecule has 17 heavy (non-hydrogen) atoms. The van der Waals surface area contributed by atoms with Gasteiger partial charge in [0.05, 0.1) is 0 Å². The molecule has 0 aromatic heterocycles. The Hall–Kier alpha value is -1.56. The van der Waals surface area contributed by atoms with Gasteiger partial charge in [0.1, 0.15) is 6.61 Å². The summed E-state index contributed by atoms with van der Waals surface area (Å²) >= 11 is 0. The van der Waals surface area contributed by atoms with Gasteiger partial charge in [-0.05, 0) is 12.8 Å². The normalized spacial score (nSPS) is 21.7. The van der Waals surface area contributed by atoms with E-state index in [2.05, 4.69) is 6.58 Å². The predicted octanol–water partition coefficient (Wildman–Crippen LogP) is 0.467. The topological polar surface area (TPSA) is 87.1 Å². The first-order valence-corrected chi connectivity index (χ1v) is 5.49. The number of carboxylic acid groups (broad SMARTS) is 1. The van der Waals surface area contributed by atoms with Crippen molar-refractivity contribution in [1.29, 1.82) is 0 Å². The van der Waals surface area contributed by atoms with E-state index in [-0.39, 0.29) is 13.2 Å². The minimum atomic E-state index is -1.43. The maximum absolute atomic E-state index is 11.5. The second kappa shape index (κ2) is 6.24. The molecule has 1 rings (SSSR count). The maximum Gasteiger partial charge on any atom is 0.410 e. The molecule has 2 atom stereocenters. The van der Waals surface area contributed by atoms with Crippen LogP contribution in [0.2, 0.25) is 0 Å². The van der Waals surface area contributed by atoms with Crippen LogP contribution in [0, 0.1) is 5.92 Å². The Balaban J connectivity index is 2.51. The number of amides is 1. The molecule has 0 saturated carbocycles. The van der Waals surface area contributed by atoms with E-state index in [1.165, 1.54) is 11.0 Å². The van der Waals surface area contributed by atoms with Gasteiger partial charge in [-0.2, -0.15) is 0 Å². The van der Waals surface area contributed by atoms with E-state index in [9.17, 15) is 14.7 Å². The lowest BCUT2D eigenvalue weighted by molar-refractivity contribution is -0.150. The molecule has 1 aliphatic rings. The summed E-state index contributed by atoms with van der Waals surface area (Å²) in [6.45, 7) is 4.30. The van der Waals surface area contributed by atoms with Gasteiger partial charge in [-0.3, -0.25) is 0 Å².